The van der Waals surface area contributed by atoms with E-state index in [-0.39, 0.29) is 5.69 Å². The molecule has 7 heteroatoms. The van der Waals surface area contributed by atoms with Crippen molar-refractivity contribution in [3.63, 3.8) is 0 Å². The monoisotopic (exact) mass is 394 g/mol. The molecular weight excluding hydrogens is 372 g/mol. The lowest BCUT2D eigenvalue weighted by Gasteiger charge is -2.38. The molecule has 0 aliphatic rings. The number of nitrogens with zero attached hydrogens (tertiary/aromatic N) is 1. The van der Waals surface area contributed by atoms with Gasteiger partial charge in [0.25, 0.3) is 0 Å². The molecule has 3 rings (SSSR count). The Morgan fingerprint density at radius 3 is 2.43 bits per heavy atom. The van der Waals surface area contributed by atoms with Crippen molar-refractivity contribution >= 4 is 10.9 Å². The number of H-pyrrole nitrogens is 1. The molecule has 28 heavy (non-hydrogen) atoms. The number of aromatic nitrogens is 2. The maximum absolute atomic E-state index is 13.9. The van der Waals surface area contributed by atoms with E-state index in [4.69, 9.17) is 0 Å². The van der Waals surface area contributed by atoms with Crippen LogP contribution in [-0.2, 0) is 11.8 Å². The number of pyridine rings is 1. The Bertz CT molecular complexity index is 993. The minimum Gasteiger partial charge on any atom is -0.380 e. The summed E-state index contributed by atoms with van der Waals surface area (Å²) in [6.45, 7) is 4.95. The van der Waals surface area contributed by atoms with Crippen LogP contribution in [0.2, 0.25) is 0 Å². The Balaban J connectivity index is 1.97. The van der Waals surface area contributed by atoms with Crippen molar-refractivity contribution in [3.8, 4) is 0 Å². The fraction of sp³-hybridized carbons (Fsp3) is 0.381. The van der Waals surface area contributed by atoms with Gasteiger partial charge >= 0.3 is 6.18 Å². The summed E-state index contributed by atoms with van der Waals surface area (Å²) in [4.78, 5) is 6.94. The molecule has 0 aliphatic heterocycles. The maximum atomic E-state index is 13.9. The van der Waals surface area contributed by atoms with Gasteiger partial charge in [0.15, 0.2) is 5.60 Å². The smallest absolute Gasteiger partial charge is 0.380 e. The summed E-state index contributed by atoms with van der Waals surface area (Å²) in [5.74, 6) is -0.528. The summed E-state index contributed by atoms with van der Waals surface area (Å²) < 4.78 is 55.3. The van der Waals surface area contributed by atoms with E-state index in [0.717, 1.165) is 10.9 Å². The van der Waals surface area contributed by atoms with Crippen LogP contribution < -0.4 is 0 Å². The first kappa shape index (κ1) is 20.3. The van der Waals surface area contributed by atoms with Crippen LogP contribution in [0, 0.1) is 12.7 Å². The second-order valence-corrected chi connectivity index (χ2v) is 7.99. The predicted octanol–water partition coefficient (Wildman–Crippen LogP) is 5.21. The van der Waals surface area contributed by atoms with Gasteiger partial charge in [-0.2, -0.15) is 13.2 Å². The highest BCUT2D eigenvalue weighted by atomic mass is 19.4. The number of aryl methyl sites for hydroxylation is 1. The molecule has 150 valence electrons. The molecular formula is C21H22F4N2O. The van der Waals surface area contributed by atoms with Crippen molar-refractivity contribution < 1.29 is 22.7 Å². The number of aromatic amines is 1. The molecule has 0 saturated carbocycles. The molecule has 3 aromatic rings. The maximum Gasteiger partial charge on any atom is 0.417 e. The SMILES string of the molecule is Cc1cncc2[nH]c(CC(O)(CC(C)(C)c3cccc(F)c3)C(F)(F)F)cc12. The normalized spacial score (nSPS) is 15.0. The highest BCUT2D eigenvalue weighted by Gasteiger charge is 2.56. The number of aliphatic hydroxyl groups is 1. The lowest BCUT2D eigenvalue weighted by molar-refractivity contribution is -0.266. The van der Waals surface area contributed by atoms with E-state index in [9.17, 15) is 22.7 Å². The van der Waals surface area contributed by atoms with E-state index in [0.29, 0.717) is 11.1 Å². The Morgan fingerprint density at radius 2 is 1.82 bits per heavy atom. The fourth-order valence-electron chi connectivity index (χ4n) is 3.67. The molecule has 1 aromatic carbocycles. The van der Waals surface area contributed by atoms with Crippen molar-refractivity contribution in [1.29, 1.82) is 0 Å². The lowest BCUT2D eigenvalue weighted by atomic mass is 9.73. The highest BCUT2D eigenvalue weighted by Crippen LogP contribution is 2.43. The molecule has 0 radical (unpaired) electrons. The third-order valence-corrected chi connectivity index (χ3v) is 5.15. The average molecular weight is 394 g/mol. The van der Waals surface area contributed by atoms with Crippen LogP contribution in [0.1, 0.15) is 37.1 Å². The van der Waals surface area contributed by atoms with Crippen LogP contribution >= 0.6 is 0 Å². The fourth-order valence-corrected chi connectivity index (χ4v) is 3.67. The van der Waals surface area contributed by atoms with Gasteiger partial charge in [-0.05, 0) is 48.1 Å². The zero-order chi connectivity index (χ0) is 20.7. The Kier molecular flexibility index (Phi) is 5.00. The number of hydrogen-bond acceptors (Lipinski definition) is 2. The van der Waals surface area contributed by atoms with Gasteiger partial charge in [0.1, 0.15) is 5.82 Å². The number of halogens is 4. The molecule has 3 nitrogen and oxygen atoms in total. The third-order valence-electron chi connectivity index (χ3n) is 5.15. The minimum absolute atomic E-state index is 0.265. The minimum atomic E-state index is -4.86. The van der Waals surface area contributed by atoms with Crippen LogP contribution in [-0.4, -0.2) is 26.9 Å². The molecule has 1 atom stereocenters. The van der Waals surface area contributed by atoms with E-state index in [1.807, 2.05) is 6.92 Å². The number of rotatable bonds is 5. The largest absolute Gasteiger partial charge is 0.417 e. The summed E-state index contributed by atoms with van der Waals surface area (Å²) in [6.07, 6.45) is -2.94. The molecule has 2 N–H and O–H groups in total. The number of fused-ring (bicyclic) bond motifs is 1. The molecule has 1 unspecified atom stereocenters. The Morgan fingerprint density at radius 1 is 1.11 bits per heavy atom. The quantitative estimate of drug-likeness (QED) is 0.584. The molecule has 0 saturated heterocycles. The second kappa shape index (κ2) is 6.88. The first-order chi connectivity index (χ1) is 12.9. The van der Waals surface area contributed by atoms with Gasteiger partial charge in [-0.1, -0.05) is 26.0 Å². The Hall–Kier alpha value is -2.41. The van der Waals surface area contributed by atoms with Crippen molar-refractivity contribution in [3.05, 3.63) is 65.4 Å². The molecule has 0 spiro atoms. The number of alkyl halides is 3. The van der Waals surface area contributed by atoms with Gasteiger partial charge in [0.2, 0.25) is 0 Å². The van der Waals surface area contributed by atoms with Gasteiger partial charge in [0, 0.05) is 23.7 Å². The van der Waals surface area contributed by atoms with Crippen LogP contribution in [0.15, 0.2) is 42.7 Å². The van der Waals surface area contributed by atoms with Crippen LogP contribution in [0.4, 0.5) is 17.6 Å². The van der Waals surface area contributed by atoms with E-state index < -0.39 is 35.9 Å². The summed E-state index contributed by atoms with van der Waals surface area (Å²) >= 11 is 0. The summed E-state index contributed by atoms with van der Waals surface area (Å²) in [6, 6.07) is 7.06. The van der Waals surface area contributed by atoms with E-state index in [1.54, 1.807) is 32.2 Å². The zero-order valence-corrected chi connectivity index (χ0v) is 15.9. The standard InChI is InChI=1S/C21H22F4N2O/c1-13-10-26-11-18-17(13)8-16(27-18)9-20(28,21(23,24)25)12-19(2,3)14-5-4-6-15(22)7-14/h4-8,10-11,27-28H,9,12H2,1-3H3. The van der Waals surface area contributed by atoms with Crippen molar-refractivity contribution in [2.75, 3.05) is 0 Å². The summed E-state index contributed by atoms with van der Waals surface area (Å²) in [5, 5.41) is 11.5. The molecule has 0 bridgehead atoms. The predicted molar refractivity (Wildman–Crippen MR) is 99.6 cm³/mol. The number of nitrogens with one attached hydrogen (secondary N) is 1. The van der Waals surface area contributed by atoms with Gasteiger partial charge in [-0.15, -0.1) is 0 Å². The van der Waals surface area contributed by atoms with Crippen molar-refractivity contribution in [2.45, 2.75) is 50.8 Å². The van der Waals surface area contributed by atoms with E-state index in [2.05, 4.69) is 9.97 Å². The van der Waals surface area contributed by atoms with Gasteiger partial charge in [0.05, 0.1) is 11.7 Å². The summed E-state index contributed by atoms with van der Waals surface area (Å²) in [7, 11) is 0. The van der Waals surface area contributed by atoms with Crippen LogP contribution in [0.5, 0.6) is 0 Å². The topological polar surface area (TPSA) is 48.9 Å². The van der Waals surface area contributed by atoms with E-state index in [1.165, 1.54) is 24.4 Å². The number of hydrogen-bond donors (Lipinski definition) is 2. The first-order valence-corrected chi connectivity index (χ1v) is 8.89. The van der Waals surface area contributed by atoms with Crippen LogP contribution in [0.25, 0.3) is 10.9 Å². The Labute approximate surface area is 160 Å². The average Bonchev–Trinajstić information content (AvgIpc) is 2.97. The van der Waals surface area contributed by atoms with Gasteiger partial charge in [-0.25, -0.2) is 4.39 Å². The zero-order valence-electron chi connectivity index (χ0n) is 15.9. The third kappa shape index (κ3) is 3.90. The van der Waals surface area contributed by atoms with Crippen molar-refractivity contribution in [2.24, 2.45) is 0 Å². The lowest BCUT2D eigenvalue weighted by Crippen LogP contribution is -2.50. The van der Waals surface area contributed by atoms with Crippen LogP contribution in [0.3, 0.4) is 0 Å². The number of benzene rings is 1. The van der Waals surface area contributed by atoms with Crippen molar-refractivity contribution in [1.82, 2.24) is 9.97 Å². The van der Waals surface area contributed by atoms with Gasteiger partial charge in [-0.3, -0.25) is 4.98 Å². The molecule has 0 fully saturated rings. The first-order valence-electron chi connectivity index (χ1n) is 8.89. The molecule has 2 aromatic heterocycles. The molecule has 0 amide bonds. The highest BCUT2D eigenvalue weighted by molar-refractivity contribution is 5.82. The molecule has 2 heterocycles. The molecule has 0 aliphatic carbocycles. The van der Waals surface area contributed by atoms with Gasteiger partial charge < -0.3 is 10.1 Å². The summed E-state index contributed by atoms with van der Waals surface area (Å²) in [5.41, 5.74) is -1.98. The second-order valence-electron chi connectivity index (χ2n) is 7.99. The van der Waals surface area contributed by atoms with E-state index >= 15 is 0 Å².